The van der Waals surface area contributed by atoms with E-state index in [-0.39, 0.29) is 6.61 Å². The second-order valence-electron chi connectivity index (χ2n) is 3.89. The lowest BCUT2D eigenvalue weighted by Crippen LogP contribution is -2.51. The fraction of sp³-hybridized carbons (Fsp3) is 1.00. The van der Waals surface area contributed by atoms with Crippen LogP contribution in [0.15, 0.2) is 0 Å². The summed E-state index contributed by atoms with van der Waals surface area (Å²) in [6.07, 6.45) is 0.919. The highest BCUT2D eigenvalue weighted by atomic mass is 16.5. The van der Waals surface area contributed by atoms with Crippen molar-refractivity contribution in [2.45, 2.75) is 45.3 Å². The highest BCUT2D eigenvalue weighted by molar-refractivity contribution is 4.89. The van der Waals surface area contributed by atoms with Crippen molar-refractivity contribution in [3.63, 3.8) is 0 Å². The monoisotopic (exact) mass is 176 g/mol. The number of hydrogen-bond donors (Lipinski definition) is 2. The number of hydrogen-bond acceptors (Lipinski definition) is 3. The molecule has 0 fully saturated rings. The van der Waals surface area contributed by atoms with Crippen LogP contribution >= 0.6 is 0 Å². The molecule has 0 amide bonds. The summed E-state index contributed by atoms with van der Waals surface area (Å²) in [5, 5.41) is 19.2. The number of ether oxygens (including phenoxy) is 1. The molecule has 0 radical (unpaired) electrons. The first kappa shape index (κ1) is 11.9. The molecule has 0 saturated heterocycles. The molecule has 0 aromatic carbocycles. The molecule has 0 saturated carbocycles. The molecule has 2 N–H and O–H groups in total. The van der Waals surface area contributed by atoms with E-state index in [4.69, 9.17) is 4.74 Å². The molecule has 12 heavy (non-hydrogen) atoms. The van der Waals surface area contributed by atoms with Crippen molar-refractivity contribution in [3.05, 3.63) is 0 Å². The highest BCUT2D eigenvalue weighted by Crippen LogP contribution is 2.21. The Bertz CT molecular complexity index is 124. The van der Waals surface area contributed by atoms with Crippen LogP contribution in [-0.2, 0) is 4.74 Å². The number of aliphatic hydroxyl groups is 2. The van der Waals surface area contributed by atoms with Crippen molar-refractivity contribution in [1.29, 1.82) is 0 Å². The van der Waals surface area contributed by atoms with Gasteiger partial charge in [-0.3, -0.25) is 0 Å². The molecule has 0 bridgehead atoms. The summed E-state index contributed by atoms with van der Waals surface area (Å²) in [6, 6.07) is 0. The van der Waals surface area contributed by atoms with Gasteiger partial charge in [0.25, 0.3) is 0 Å². The Labute approximate surface area is 74.4 Å². The van der Waals surface area contributed by atoms with Crippen LogP contribution in [-0.4, -0.2) is 34.6 Å². The van der Waals surface area contributed by atoms with E-state index in [0.29, 0.717) is 6.61 Å². The van der Waals surface area contributed by atoms with E-state index in [0.717, 1.165) is 6.42 Å². The van der Waals surface area contributed by atoms with Gasteiger partial charge in [0, 0.05) is 6.61 Å². The minimum Gasteiger partial charge on any atom is -0.387 e. The van der Waals surface area contributed by atoms with Gasteiger partial charge >= 0.3 is 0 Å². The van der Waals surface area contributed by atoms with Gasteiger partial charge < -0.3 is 14.9 Å². The fourth-order valence-electron chi connectivity index (χ4n) is 0.592. The van der Waals surface area contributed by atoms with E-state index in [1.165, 1.54) is 0 Å². The topological polar surface area (TPSA) is 49.7 Å². The lowest BCUT2D eigenvalue weighted by atomic mass is 9.89. The summed E-state index contributed by atoms with van der Waals surface area (Å²) >= 11 is 0. The van der Waals surface area contributed by atoms with Crippen LogP contribution in [0.1, 0.15) is 34.1 Å². The van der Waals surface area contributed by atoms with Crippen molar-refractivity contribution < 1.29 is 14.9 Å². The van der Waals surface area contributed by atoms with Gasteiger partial charge in [-0.15, -0.1) is 0 Å². The van der Waals surface area contributed by atoms with Crippen molar-refractivity contribution in [1.82, 2.24) is 0 Å². The Morgan fingerprint density at radius 2 is 1.67 bits per heavy atom. The van der Waals surface area contributed by atoms with Gasteiger partial charge in [0.15, 0.2) is 0 Å². The van der Waals surface area contributed by atoms with Gasteiger partial charge in [-0.05, 0) is 27.2 Å². The Balaban J connectivity index is 3.88. The second-order valence-corrected chi connectivity index (χ2v) is 3.89. The molecule has 0 aromatic heterocycles. The zero-order valence-corrected chi connectivity index (χ0v) is 8.42. The molecule has 0 aliphatic heterocycles. The van der Waals surface area contributed by atoms with E-state index in [2.05, 4.69) is 0 Å². The van der Waals surface area contributed by atoms with Gasteiger partial charge in [0.1, 0.15) is 5.60 Å². The van der Waals surface area contributed by atoms with Crippen LogP contribution in [0.5, 0.6) is 0 Å². The minimum absolute atomic E-state index is 0.171. The Morgan fingerprint density at radius 3 is 2.00 bits per heavy atom. The summed E-state index contributed by atoms with van der Waals surface area (Å²) in [6.45, 7) is 7.50. The molecule has 1 atom stereocenters. The van der Waals surface area contributed by atoms with Crippen LogP contribution in [0.25, 0.3) is 0 Å². The molecule has 0 rings (SSSR count). The molecule has 74 valence electrons. The van der Waals surface area contributed by atoms with Gasteiger partial charge in [-0.1, -0.05) is 6.92 Å². The third-order valence-corrected chi connectivity index (χ3v) is 2.05. The zero-order chi connectivity index (χ0) is 9.83. The summed E-state index contributed by atoms with van der Waals surface area (Å²) in [7, 11) is 0. The molecule has 0 aromatic rings. The maximum absolute atomic E-state index is 9.70. The quantitative estimate of drug-likeness (QED) is 0.613. The summed E-state index contributed by atoms with van der Waals surface area (Å²) in [5.74, 6) is 0. The fourth-order valence-corrected chi connectivity index (χ4v) is 0.592. The first-order chi connectivity index (χ1) is 5.31. The van der Waals surface area contributed by atoms with E-state index in [1.54, 1.807) is 20.8 Å². The number of rotatable bonds is 5. The van der Waals surface area contributed by atoms with Crippen molar-refractivity contribution in [3.8, 4) is 0 Å². The average Bonchev–Trinajstić information content (AvgIpc) is 1.85. The molecule has 3 heteroatoms. The summed E-state index contributed by atoms with van der Waals surface area (Å²) in [5.41, 5.74) is -2.30. The largest absolute Gasteiger partial charge is 0.387 e. The molecular formula is C9H20O3. The van der Waals surface area contributed by atoms with E-state index in [9.17, 15) is 10.2 Å². The molecule has 0 aliphatic rings. The van der Waals surface area contributed by atoms with E-state index < -0.39 is 11.2 Å². The maximum atomic E-state index is 9.70. The van der Waals surface area contributed by atoms with E-state index >= 15 is 0 Å². The molecule has 0 aliphatic carbocycles. The van der Waals surface area contributed by atoms with Gasteiger partial charge in [-0.25, -0.2) is 0 Å². The van der Waals surface area contributed by atoms with Crippen molar-refractivity contribution in [2.75, 3.05) is 13.2 Å². The van der Waals surface area contributed by atoms with Crippen LogP contribution in [0.4, 0.5) is 0 Å². The molecular weight excluding hydrogens is 156 g/mol. The lowest BCUT2D eigenvalue weighted by Gasteiger charge is -2.35. The van der Waals surface area contributed by atoms with E-state index in [1.807, 2.05) is 6.92 Å². The Kier molecular flexibility index (Phi) is 4.17. The minimum atomic E-state index is -1.18. The second kappa shape index (κ2) is 4.21. The van der Waals surface area contributed by atoms with Gasteiger partial charge in [0.2, 0.25) is 0 Å². The summed E-state index contributed by atoms with van der Waals surface area (Å²) < 4.78 is 5.16. The van der Waals surface area contributed by atoms with Crippen LogP contribution < -0.4 is 0 Å². The SMILES string of the molecule is CCCOCC(C)(O)C(C)(C)O. The van der Waals surface area contributed by atoms with Gasteiger partial charge in [0.05, 0.1) is 12.2 Å². The maximum Gasteiger partial charge on any atom is 0.113 e. The third kappa shape index (κ3) is 3.52. The normalized spacial score (nSPS) is 17.5. The smallest absolute Gasteiger partial charge is 0.113 e. The predicted molar refractivity (Wildman–Crippen MR) is 48.0 cm³/mol. The zero-order valence-electron chi connectivity index (χ0n) is 8.42. The molecule has 3 nitrogen and oxygen atoms in total. The Hall–Kier alpha value is -0.120. The molecule has 1 unspecified atom stereocenters. The van der Waals surface area contributed by atoms with Crippen LogP contribution in [0, 0.1) is 0 Å². The molecule has 0 spiro atoms. The summed E-state index contributed by atoms with van der Waals surface area (Å²) in [4.78, 5) is 0. The van der Waals surface area contributed by atoms with Crippen LogP contribution in [0.2, 0.25) is 0 Å². The lowest BCUT2D eigenvalue weighted by molar-refractivity contribution is -0.153. The first-order valence-corrected chi connectivity index (χ1v) is 4.34. The third-order valence-electron chi connectivity index (χ3n) is 2.05. The predicted octanol–water partition coefficient (Wildman–Crippen LogP) is 0.935. The van der Waals surface area contributed by atoms with Crippen LogP contribution in [0.3, 0.4) is 0 Å². The molecule has 0 heterocycles. The Morgan fingerprint density at radius 1 is 1.17 bits per heavy atom. The standard InChI is InChI=1S/C9H20O3/c1-5-6-12-7-9(4,11)8(2,3)10/h10-11H,5-7H2,1-4H3. The van der Waals surface area contributed by atoms with Crippen molar-refractivity contribution in [2.24, 2.45) is 0 Å². The average molecular weight is 176 g/mol. The first-order valence-electron chi connectivity index (χ1n) is 4.34. The highest BCUT2D eigenvalue weighted by Gasteiger charge is 2.37. The van der Waals surface area contributed by atoms with Crippen molar-refractivity contribution >= 4 is 0 Å². The van der Waals surface area contributed by atoms with Gasteiger partial charge in [-0.2, -0.15) is 0 Å².